The summed E-state index contributed by atoms with van der Waals surface area (Å²) >= 11 is 0. The second-order valence-corrected chi connectivity index (χ2v) is 3.22. The van der Waals surface area contributed by atoms with Crippen molar-refractivity contribution in [1.29, 1.82) is 0 Å². The molecule has 0 atom stereocenters. The van der Waals surface area contributed by atoms with Gasteiger partial charge in [-0.05, 0) is 24.1 Å². The molecular formula is C11H16O3. The molecule has 14 heavy (non-hydrogen) atoms. The lowest BCUT2D eigenvalue weighted by Crippen LogP contribution is -2.00. The van der Waals surface area contributed by atoms with Crippen molar-refractivity contribution in [2.24, 2.45) is 0 Å². The molecule has 0 spiro atoms. The third-order valence-electron chi connectivity index (χ3n) is 2.22. The zero-order valence-corrected chi connectivity index (χ0v) is 8.83. The highest BCUT2D eigenvalue weighted by molar-refractivity contribution is 5.43. The number of hydrogen-bond donors (Lipinski definition) is 1. The van der Waals surface area contributed by atoms with Gasteiger partial charge in [-0.3, -0.25) is 0 Å². The molecule has 0 aliphatic rings. The van der Waals surface area contributed by atoms with Crippen molar-refractivity contribution in [3.63, 3.8) is 0 Å². The maximum atomic E-state index is 9.64. The third-order valence-corrected chi connectivity index (χ3v) is 2.22. The molecule has 0 amide bonds. The van der Waals surface area contributed by atoms with Crippen LogP contribution in [0.3, 0.4) is 0 Å². The highest BCUT2D eigenvalue weighted by atomic mass is 16.5. The van der Waals surface area contributed by atoms with Crippen LogP contribution in [0.15, 0.2) is 12.1 Å². The minimum Gasteiger partial charge on any atom is -0.508 e. The molecule has 0 aromatic heterocycles. The first-order valence-electron chi connectivity index (χ1n) is 4.49. The number of phenolic OH excluding ortho intramolecular Hbond substituents is 1. The first-order chi connectivity index (χ1) is 6.70. The molecule has 1 rings (SSSR count). The van der Waals surface area contributed by atoms with E-state index in [4.69, 9.17) is 9.47 Å². The van der Waals surface area contributed by atoms with E-state index in [9.17, 15) is 5.11 Å². The average Bonchev–Trinajstić information content (AvgIpc) is 2.17. The maximum absolute atomic E-state index is 9.64. The summed E-state index contributed by atoms with van der Waals surface area (Å²) < 4.78 is 10.1. The van der Waals surface area contributed by atoms with Gasteiger partial charge in [0, 0.05) is 19.8 Å². The fourth-order valence-electron chi connectivity index (χ4n) is 1.45. The number of rotatable bonds is 4. The van der Waals surface area contributed by atoms with Gasteiger partial charge < -0.3 is 14.6 Å². The van der Waals surface area contributed by atoms with E-state index in [-0.39, 0.29) is 5.75 Å². The molecule has 1 aromatic rings. The number of phenols is 1. The van der Waals surface area contributed by atoms with Crippen LogP contribution >= 0.6 is 0 Å². The highest BCUT2D eigenvalue weighted by Crippen LogP contribution is 2.25. The molecule has 3 heteroatoms. The summed E-state index contributed by atoms with van der Waals surface area (Å²) in [6, 6.07) is 3.56. The molecule has 3 nitrogen and oxygen atoms in total. The quantitative estimate of drug-likeness (QED) is 0.800. The van der Waals surface area contributed by atoms with Crippen LogP contribution in [0.25, 0.3) is 0 Å². The summed E-state index contributed by atoms with van der Waals surface area (Å²) in [6.07, 6.45) is 0. The predicted molar refractivity (Wildman–Crippen MR) is 54.3 cm³/mol. The lowest BCUT2D eigenvalue weighted by atomic mass is 10.0. The van der Waals surface area contributed by atoms with Gasteiger partial charge >= 0.3 is 0 Å². The van der Waals surface area contributed by atoms with E-state index >= 15 is 0 Å². The van der Waals surface area contributed by atoms with E-state index in [0.717, 1.165) is 16.7 Å². The van der Waals surface area contributed by atoms with Crippen molar-refractivity contribution in [2.45, 2.75) is 20.1 Å². The molecule has 0 radical (unpaired) electrons. The molecule has 1 N–H and O–H groups in total. The van der Waals surface area contributed by atoms with E-state index in [1.807, 2.05) is 13.0 Å². The van der Waals surface area contributed by atoms with E-state index in [2.05, 4.69) is 0 Å². The minimum atomic E-state index is 0.268. The minimum absolute atomic E-state index is 0.268. The maximum Gasteiger partial charge on any atom is 0.121 e. The van der Waals surface area contributed by atoms with Gasteiger partial charge in [-0.25, -0.2) is 0 Å². The van der Waals surface area contributed by atoms with Crippen molar-refractivity contribution in [2.75, 3.05) is 14.2 Å². The van der Waals surface area contributed by atoms with Crippen molar-refractivity contribution in [3.05, 3.63) is 28.8 Å². The second kappa shape index (κ2) is 4.98. The van der Waals surface area contributed by atoms with Crippen LogP contribution in [0, 0.1) is 6.92 Å². The summed E-state index contributed by atoms with van der Waals surface area (Å²) in [4.78, 5) is 0. The number of ether oxygens (including phenoxy) is 2. The largest absolute Gasteiger partial charge is 0.508 e. The van der Waals surface area contributed by atoms with Gasteiger partial charge in [-0.15, -0.1) is 0 Å². The summed E-state index contributed by atoms with van der Waals surface area (Å²) in [5, 5.41) is 9.64. The molecular weight excluding hydrogens is 180 g/mol. The second-order valence-electron chi connectivity index (χ2n) is 3.22. The van der Waals surface area contributed by atoms with E-state index in [1.165, 1.54) is 0 Å². The molecule has 0 saturated heterocycles. The number of methoxy groups -OCH3 is 2. The van der Waals surface area contributed by atoms with Crippen molar-refractivity contribution >= 4 is 0 Å². The molecule has 0 aliphatic carbocycles. The Hall–Kier alpha value is -1.06. The van der Waals surface area contributed by atoms with Gasteiger partial charge in [-0.1, -0.05) is 6.07 Å². The van der Waals surface area contributed by atoms with Crippen molar-refractivity contribution < 1.29 is 14.6 Å². The first-order valence-corrected chi connectivity index (χ1v) is 4.49. The Labute approximate surface area is 84.3 Å². The highest BCUT2D eigenvalue weighted by Gasteiger charge is 2.10. The SMILES string of the molecule is COCc1c(C)ccc(O)c1COC. The van der Waals surface area contributed by atoms with E-state index in [0.29, 0.717) is 13.2 Å². The molecule has 0 heterocycles. The normalized spacial score (nSPS) is 10.5. The lowest BCUT2D eigenvalue weighted by molar-refractivity contribution is 0.165. The molecule has 0 fully saturated rings. The third kappa shape index (κ3) is 2.25. The summed E-state index contributed by atoms with van der Waals surface area (Å²) in [7, 11) is 3.25. The molecule has 0 saturated carbocycles. The van der Waals surface area contributed by atoms with E-state index in [1.54, 1.807) is 20.3 Å². The smallest absolute Gasteiger partial charge is 0.121 e. The molecule has 0 bridgehead atoms. The summed E-state index contributed by atoms with van der Waals surface area (Å²) in [5.41, 5.74) is 2.93. The number of aromatic hydroxyl groups is 1. The first kappa shape index (κ1) is 11.0. The Morgan fingerprint density at radius 1 is 1.07 bits per heavy atom. The van der Waals surface area contributed by atoms with E-state index < -0.39 is 0 Å². The Morgan fingerprint density at radius 3 is 2.21 bits per heavy atom. The van der Waals surface area contributed by atoms with Gasteiger partial charge in [0.2, 0.25) is 0 Å². The molecule has 0 aliphatic heterocycles. The van der Waals surface area contributed by atoms with Crippen LogP contribution in [-0.4, -0.2) is 19.3 Å². The monoisotopic (exact) mass is 196 g/mol. The number of hydrogen-bond acceptors (Lipinski definition) is 3. The molecule has 1 aromatic carbocycles. The standard InChI is InChI=1S/C11H16O3/c1-8-4-5-11(12)10(7-14-3)9(8)6-13-2/h4-5,12H,6-7H2,1-3H3. The topological polar surface area (TPSA) is 38.7 Å². The van der Waals surface area contributed by atoms with Crippen LogP contribution in [0.4, 0.5) is 0 Å². The Kier molecular flexibility index (Phi) is 3.92. The van der Waals surface area contributed by atoms with Gasteiger partial charge in [-0.2, -0.15) is 0 Å². The van der Waals surface area contributed by atoms with Gasteiger partial charge in [0.1, 0.15) is 5.75 Å². The number of aryl methyl sites for hydroxylation is 1. The van der Waals surface area contributed by atoms with Crippen LogP contribution in [0.1, 0.15) is 16.7 Å². The fraction of sp³-hybridized carbons (Fsp3) is 0.455. The zero-order valence-electron chi connectivity index (χ0n) is 8.83. The van der Waals surface area contributed by atoms with Crippen LogP contribution in [0.5, 0.6) is 5.75 Å². The summed E-state index contributed by atoms with van der Waals surface area (Å²) in [6.45, 7) is 2.90. The zero-order chi connectivity index (χ0) is 10.6. The lowest BCUT2D eigenvalue weighted by Gasteiger charge is -2.12. The fourth-order valence-corrected chi connectivity index (χ4v) is 1.45. The Balaban J connectivity index is 3.12. The van der Waals surface area contributed by atoms with Crippen LogP contribution in [-0.2, 0) is 22.7 Å². The average molecular weight is 196 g/mol. The van der Waals surface area contributed by atoms with Gasteiger partial charge in [0.05, 0.1) is 13.2 Å². The summed E-state index contributed by atoms with van der Waals surface area (Å²) in [5.74, 6) is 0.268. The Morgan fingerprint density at radius 2 is 1.64 bits per heavy atom. The Bertz CT molecular complexity index is 277. The van der Waals surface area contributed by atoms with Gasteiger partial charge in [0.25, 0.3) is 0 Å². The van der Waals surface area contributed by atoms with Crippen molar-refractivity contribution in [1.82, 2.24) is 0 Å². The van der Waals surface area contributed by atoms with Crippen LogP contribution in [0.2, 0.25) is 0 Å². The molecule has 0 unspecified atom stereocenters. The predicted octanol–water partition coefficient (Wildman–Crippen LogP) is 1.99. The number of benzene rings is 1. The van der Waals surface area contributed by atoms with Crippen LogP contribution < -0.4 is 0 Å². The molecule has 78 valence electrons. The van der Waals surface area contributed by atoms with Gasteiger partial charge in [0.15, 0.2) is 0 Å². The van der Waals surface area contributed by atoms with Crippen molar-refractivity contribution in [3.8, 4) is 5.75 Å².